The summed E-state index contributed by atoms with van der Waals surface area (Å²) >= 11 is 1.12. The van der Waals surface area contributed by atoms with Crippen LogP contribution < -0.4 is 10.1 Å². The highest BCUT2D eigenvalue weighted by molar-refractivity contribution is 7.18. The van der Waals surface area contributed by atoms with Crippen LogP contribution in [-0.2, 0) is 9.53 Å². The number of hydrogen-bond acceptors (Lipinski definition) is 6. The molecule has 2 aromatic rings. The second-order valence-corrected chi connectivity index (χ2v) is 8.08. The van der Waals surface area contributed by atoms with Crippen LogP contribution in [0.4, 0.5) is 5.00 Å². The number of thiophene rings is 1. The average molecular weight is 389 g/mol. The maximum absolute atomic E-state index is 12.3. The van der Waals surface area contributed by atoms with E-state index in [0.717, 1.165) is 11.3 Å². The van der Waals surface area contributed by atoms with Crippen molar-refractivity contribution < 1.29 is 23.9 Å². The summed E-state index contributed by atoms with van der Waals surface area (Å²) in [5, 5.41) is 3.36. The first-order chi connectivity index (χ1) is 12.6. The molecule has 6 nitrogen and oxygen atoms in total. The molecular formula is C20H23NO5S. The molecule has 0 aliphatic carbocycles. The van der Waals surface area contributed by atoms with E-state index in [1.54, 1.807) is 58.0 Å². The summed E-state index contributed by atoms with van der Waals surface area (Å²) in [6.07, 6.45) is 0. The smallest absolute Gasteiger partial charge is 0.349 e. The summed E-state index contributed by atoms with van der Waals surface area (Å²) < 4.78 is 10.3. The van der Waals surface area contributed by atoms with Crippen LogP contribution in [0, 0.1) is 12.3 Å². The molecule has 1 heterocycles. The maximum Gasteiger partial charge on any atom is 0.349 e. The molecule has 0 atom stereocenters. The number of aryl methyl sites for hydroxylation is 1. The second kappa shape index (κ2) is 8.35. The number of esters is 1. The third-order valence-electron chi connectivity index (χ3n) is 3.76. The van der Waals surface area contributed by atoms with Gasteiger partial charge in [-0.2, -0.15) is 0 Å². The minimum absolute atomic E-state index is 0.144. The van der Waals surface area contributed by atoms with Crippen LogP contribution in [0.25, 0.3) is 0 Å². The highest BCUT2D eigenvalue weighted by Crippen LogP contribution is 2.29. The minimum atomic E-state index is -0.600. The molecule has 0 radical (unpaired) electrons. The van der Waals surface area contributed by atoms with Crippen molar-refractivity contribution in [3.8, 4) is 5.75 Å². The van der Waals surface area contributed by atoms with Crippen LogP contribution in [0.1, 0.15) is 46.4 Å². The van der Waals surface area contributed by atoms with Gasteiger partial charge in [0.1, 0.15) is 10.6 Å². The molecule has 7 heteroatoms. The van der Waals surface area contributed by atoms with Crippen LogP contribution in [-0.4, -0.2) is 31.4 Å². The predicted octanol–water partition coefficient (Wildman–Crippen LogP) is 4.09. The molecule has 0 spiro atoms. The third-order valence-corrected chi connectivity index (χ3v) is 4.90. The van der Waals surface area contributed by atoms with Crippen molar-refractivity contribution in [2.75, 3.05) is 19.0 Å². The van der Waals surface area contributed by atoms with Crippen molar-refractivity contribution in [1.29, 1.82) is 0 Å². The zero-order chi connectivity index (χ0) is 20.2. The molecule has 0 aliphatic heterocycles. The normalized spacial score (nSPS) is 11.0. The van der Waals surface area contributed by atoms with Crippen LogP contribution in [0.5, 0.6) is 5.75 Å². The van der Waals surface area contributed by atoms with Gasteiger partial charge in [-0.3, -0.25) is 9.59 Å². The number of nitrogens with one attached hydrogen (secondary N) is 1. The maximum atomic E-state index is 12.3. The molecule has 1 aromatic heterocycles. The zero-order valence-electron chi connectivity index (χ0n) is 16.0. The Kier molecular flexibility index (Phi) is 6.38. The van der Waals surface area contributed by atoms with Crippen molar-refractivity contribution in [1.82, 2.24) is 0 Å². The number of amides is 1. The van der Waals surface area contributed by atoms with Gasteiger partial charge < -0.3 is 14.8 Å². The van der Waals surface area contributed by atoms with Crippen molar-refractivity contribution in [2.45, 2.75) is 27.7 Å². The van der Waals surface area contributed by atoms with E-state index in [2.05, 4.69) is 5.32 Å². The topological polar surface area (TPSA) is 81.7 Å². The number of ketones is 1. The molecule has 0 bridgehead atoms. The average Bonchev–Trinajstić information content (AvgIpc) is 2.98. The summed E-state index contributed by atoms with van der Waals surface area (Å²) in [5.74, 6) is -0.665. The Morgan fingerprint density at radius 2 is 1.81 bits per heavy atom. The van der Waals surface area contributed by atoms with E-state index in [1.807, 2.05) is 0 Å². The van der Waals surface area contributed by atoms with Crippen molar-refractivity contribution in [2.24, 2.45) is 5.41 Å². The Hall–Kier alpha value is -2.67. The first-order valence-electron chi connectivity index (χ1n) is 8.38. The van der Waals surface area contributed by atoms with Gasteiger partial charge in [0.15, 0.2) is 6.61 Å². The van der Waals surface area contributed by atoms with E-state index in [-0.39, 0.29) is 18.3 Å². The SMILES string of the molecule is COc1ccccc1C(=O)COC(=O)c1sc(NC(=O)C(C)(C)C)cc1C. The molecule has 0 unspecified atom stereocenters. The molecule has 1 aromatic carbocycles. The van der Waals surface area contributed by atoms with Crippen molar-refractivity contribution >= 4 is 34.0 Å². The van der Waals surface area contributed by atoms with Gasteiger partial charge in [-0.15, -0.1) is 11.3 Å². The van der Waals surface area contributed by atoms with E-state index in [0.29, 0.717) is 26.8 Å². The first kappa shape index (κ1) is 20.6. The molecule has 1 N–H and O–H groups in total. The number of methoxy groups -OCH3 is 1. The quantitative estimate of drug-likeness (QED) is 0.594. The predicted molar refractivity (Wildman–Crippen MR) is 105 cm³/mol. The van der Waals surface area contributed by atoms with Crippen LogP contribution >= 0.6 is 11.3 Å². The minimum Gasteiger partial charge on any atom is -0.496 e. The molecule has 0 saturated heterocycles. The van der Waals surface area contributed by atoms with Crippen molar-refractivity contribution in [3.63, 3.8) is 0 Å². The summed E-state index contributed by atoms with van der Waals surface area (Å²) in [6.45, 7) is 6.78. The van der Waals surface area contributed by atoms with Gasteiger partial charge in [-0.1, -0.05) is 32.9 Å². The number of hydrogen-bond donors (Lipinski definition) is 1. The number of para-hydroxylation sites is 1. The largest absolute Gasteiger partial charge is 0.496 e. The van der Waals surface area contributed by atoms with Gasteiger partial charge in [0.05, 0.1) is 17.7 Å². The summed E-state index contributed by atoms with van der Waals surface area (Å²) in [5.41, 5.74) is 0.493. The van der Waals surface area contributed by atoms with Crippen LogP contribution in [0.3, 0.4) is 0 Å². The lowest BCUT2D eigenvalue weighted by Crippen LogP contribution is -2.27. The van der Waals surface area contributed by atoms with Gasteiger partial charge in [-0.05, 0) is 30.7 Å². The van der Waals surface area contributed by atoms with Gasteiger partial charge >= 0.3 is 5.97 Å². The second-order valence-electron chi connectivity index (χ2n) is 7.03. The Morgan fingerprint density at radius 1 is 1.15 bits per heavy atom. The summed E-state index contributed by atoms with van der Waals surface area (Å²) in [4.78, 5) is 37.1. The fraction of sp³-hybridized carbons (Fsp3) is 0.350. The van der Waals surface area contributed by atoms with E-state index in [1.165, 1.54) is 7.11 Å². The standard InChI is InChI=1S/C20H23NO5S/c1-12-10-16(21-19(24)20(2,3)4)27-17(12)18(23)26-11-14(22)13-8-6-7-9-15(13)25-5/h6-10H,11H2,1-5H3,(H,21,24). The summed E-state index contributed by atoms with van der Waals surface area (Å²) in [7, 11) is 1.47. The Balaban J connectivity index is 2.04. The molecule has 1 amide bonds. The number of carbonyl (C=O) groups excluding carboxylic acids is 3. The summed E-state index contributed by atoms with van der Waals surface area (Å²) in [6, 6.07) is 8.47. The molecule has 0 aliphatic rings. The van der Waals surface area contributed by atoms with Gasteiger partial charge in [0, 0.05) is 5.41 Å². The number of anilines is 1. The molecule has 2 rings (SSSR count). The Labute approximate surface area is 162 Å². The highest BCUT2D eigenvalue weighted by Gasteiger charge is 2.24. The van der Waals surface area contributed by atoms with E-state index in [9.17, 15) is 14.4 Å². The lowest BCUT2D eigenvalue weighted by atomic mass is 9.96. The number of Topliss-reactive ketones (excluding diaryl/α,β-unsaturated/α-hetero) is 1. The lowest BCUT2D eigenvalue weighted by Gasteiger charge is -2.16. The zero-order valence-corrected chi connectivity index (χ0v) is 16.9. The Bertz CT molecular complexity index is 863. The molecular weight excluding hydrogens is 366 g/mol. The Morgan fingerprint density at radius 3 is 2.44 bits per heavy atom. The third kappa shape index (κ3) is 5.17. The van der Waals surface area contributed by atoms with Crippen molar-refractivity contribution in [3.05, 3.63) is 46.3 Å². The van der Waals surface area contributed by atoms with Gasteiger partial charge in [0.2, 0.25) is 11.7 Å². The monoisotopic (exact) mass is 389 g/mol. The molecule has 144 valence electrons. The van der Waals surface area contributed by atoms with E-state index >= 15 is 0 Å². The lowest BCUT2D eigenvalue weighted by molar-refractivity contribution is -0.123. The fourth-order valence-corrected chi connectivity index (χ4v) is 3.16. The number of rotatable bonds is 6. The number of ether oxygens (including phenoxy) is 2. The van der Waals surface area contributed by atoms with Gasteiger partial charge in [-0.25, -0.2) is 4.79 Å². The fourth-order valence-electron chi connectivity index (χ4n) is 2.20. The molecule has 27 heavy (non-hydrogen) atoms. The number of benzene rings is 1. The van der Waals surface area contributed by atoms with Gasteiger partial charge in [0.25, 0.3) is 0 Å². The van der Waals surface area contributed by atoms with E-state index in [4.69, 9.17) is 9.47 Å². The molecule has 0 saturated carbocycles. The van der Waals surface area contributed by atoms with E-state index < -0.39 is 11.4 Å². The highest BCUT2D eigenvalue weighted by atomic mass is 32.1. The number of carbonyl (C=O) groups is 3. The first-order valence-corrected chi connectivity index (χ1v) is 9.20. The van der Waals surface area contributed by atoms with Crippen LogP contribution in [0.2, 0.25) is 0 Å². The van der Waals surface area contributed by atoms with Crippen LogP contribution in [0.15, 0.2) is 30.3 Å². The molecule has 0 fully saturated rings.